The highest BCUT2D eigenvalue weighted by atomic mass is 19.1. The molecule has 3 nitrogen and oxygen atoms in total. The highest BCUT2D eigenvalue weighted by Crippen LogP contribution is 2.40. The molecule has 0 radical (unpaired) electrons. The van der Waals surface area contributed by atoms with Crippen molar-refractivity contribution in [2.75, 3.05) is 20.6 Å². The van der Waals surface area contributed by atoms with Gasteiger partial charge < -0.3 is 14.7 Å². The van der Waals surface area contributed by atoms with E-state index >= 15 is 0 Å². The Morgan fingerprint density at radius 1 is 0.933 bits per heavy atom. The van der Waals surface area contributed by atoms with Crippen molar-refractivity contribution in [3.63, 3.8) is 0 Å². The molecule has 30 heavy (non-hydrogen) atoms. The van der Waals surface area contributed by atoms with Crippen molar-refractivity contribution < 1.29 is 14.2 Å². The van der Waals surface area contributed by atoms with Crippen molar-refractivity contribution >= 4 is 0 Å². The van der Waals surface area contributed by atoms with Gasteiger partial charge in [-0.2, -0.15) is 0 Å². The lowest BCUT2D eigenvalue weighted by Gasteiger charge is -2.31. The van der Waals surface area contributed by atoms with Crippen LogP contribution in [0.5, 0.6) is 11.5 Å². The Kier molecular flexibility index (Phi) is 9.80. The van der Waals surface area contributed by atoms with Gasteiger partial charge in [-0.1, -0.05) is 50.8 Å². The number of rotatable bonds is 13. The van der Waals surface area contributed by atoms with E-state index in [1.165, 1.54) is 25.0 Å². The molecule has 0 bridgehead atoms. The summed E-state index contributed by atoms with van der Waals surface area (Å²) in [6.45, 7) is 5.04. The van der Waals surface area contributed by atoms with E-state index in [1.54, 1.807) is 6.07 Å². The van der Waals surface area contributed by atoms with Gasteiger partial charge in [0.2, 0.25) is 0 Å². The van der Waals surface area contributed by atoms with Gasteiger partial charge in [0, 0.05) is 5.56 Å². The van der Waals surface area contributed by atoms with E-state index in [0.717, 1.165) is 49.8 Å². The number of hydrogen-bond donors (Lipinski definition) is 1. The molecule has 2 rings (SSSR count). The molecule has 0 aliphatic heterocycles. The standard InChI is InChI=1S/C26H38FNO2/c1-5-6-7-10-17-26(29,18-11-12-19-28(3)4)23-13-8-9-14-25(23)30-24-16-15-22(27)20-21(24)2/h8-9,13-16,20,29H,5-7,10-12,17-19H2,1-4H3. The SMILES string of the molecule is CCCCCCC(O)(CCCCN(C)C)c1ccccc1Oc1ccc(F)cc1C. The first-order valence-corrected chi connectivity index (χ1v) is 11.3. The third-order valence-electron chi connectivity index (χ3n) is 5.63. The first-order chi connectivity index (χ1) is 14.4. The largest absolute Gasteiger partial charge is 0.457 e. The maximum atomic E-state index is 13.5. The van der Waals surface area contributed by atoms with Crippen molar-refractivity contribution in [3.05, 3.63) is 59.4 Å². The number of aliphatic hydroxyl groups is 1. The van der Waals surface area contributed by atoms with Crippen LogP contribution in [0.2, 0.25) is 0 Å². The van der Waals surface area contributed by atoms with Crippen LogP contribution in [0.15, 0.2) is 42.5 Å². The van der Waals surface area contributed by atoms with Gasteiger partial charge in [-0.3, -0.25) is 0 Å². The zero-order valence-corrected chi connectivity index (χ0v) is 19.1. The van der Waals surface area contributed by atoms with Crippen LogP contribution >= 0.6 is 0 Å². The second kappa shape index (κ2) is 12.1. The summed E-state index contributed by atoms with van der Waals surface area (Å²) in [6.07, 6.45) is 7.89. The minimum absolute atomic E-state index is 0.276. The summed E-state index contributed by atoms with van der Waals surface area (Å²) in [4.78, 5) is 2.18. The van der Waals surface area contributed by atoms with E-state index in [0.29, 0.717) is 17.9 Å². The van der Waals surface area contributed by atoms with Crippen LogP contribution in [-0.2, 0) is 5.60 Å². The summed E-state index contributed by atoms with van der Waals surface area (Å²) in [6, 6.07) is 12.3. The number of para-hydroxylation sites is 1. The minimum Gasteiger partial charge on any atom is -0.457 e. The first kappa shape index (κ1) is 24.4. The Morgan fingerprint density at radius 3 is 2.30 bits per heavy atom. The molecule has 166 valence electrons. The topological polar surface area (TPSA) is 32.7 Å². The Hall–Kier alpha value is -1.91. The normalized spacial score (nSPS) is 13.4. The lowest BCUT2D eigenvalue weighted by Crippen LogP contribution is -2.27. The highest BCUT2D eigenvalue weighted by molar-refractivity contribution is 5.43. The minimum atomic E-state index is -0.926. The average molecular weight is 416 g/mol. The van der Waals surface area contributed by atoms with Crippen LogP contribution in [-0.4, -0.2) is 30.6 Å². The first-order valence-electron chi connectivity index (χ1n) is 11.3. The molecule has 0 spiro atoms. The van der Waals surface area contributed by atoms with Crippen molar-refractivity contribution in [1.82, 2.24) is 4.90 Å². The van der Waals surface area contributed by atoms with E-state index in [9.17, 15) is 9.50 Å². The monoisotopic (exact) mass is 415 g/mol. The Morgan fingerprint density at radius 2 is 1.63 bits per heavy atom. The van der Waals surface area contributed by atoms with E-state index in [2.05, 4.69) is 25.9 Å². The Bertz CT molecular complexity index is 777. The number of halogens is 1. The lowest BCUT2D eigenvalue weighted by molar-refractivity contribution is 0.0113. The van der Waals surface area contributed by atoms with Gasteiger partial charge in [0.05, 0.1) is 5.60 Å². The van der Waals surface area contributed by atoms with Crippen LogP contribution in [0.25, 0.3) is 0 Å². The summed E-state index contributed by atoms with van der Waals surface area (Å²) >= 11 is 0. The molecule has 4 heteroatoms. The third-order valence-corrected chi connectivity index (χ3v) is 5.63. The molecule has 0 aliphatic rings. The van der Waals surface area contributed by atoms with E-state index in [4.69, 9.17) is 4.74 Å². The number of aryl methyl sites for hydroxylation is 1. The molecule has 2 aromatic rings. The summed E-state index contributed by atoms with van der Waals surface area (Å²) in [5.74, 6) is 0.990. The number of nitrogens with zero attached hydrogens (tertiary/aromatic N) is 1. The van der Waals surface area contributed by atoms with Crippen LogP contribution in [0, 0.1) is 12.7 Å². The molecule has 1 atom stereocenters. The molecule has 0 heterocycles. The van der Waals surface area contributed by atoms with Crippen molar-refractivity contribution in [1.29, 1.82) is 0 Å². The summed E-state index contributed by atoms with van der Waals surface area (Å²) in [5.41, 5.74) is 0.641. The maximum absolute atomic E-state index is 13.5. The Labute approximate surface area is 181 Å². The van der Waals surface area contributed by atoms with Gasteiger partial charge in [-0.15, -0.1) is 0 Å². The molecular weight excluding hydrogens is 377 g/mol. The highest BCUT2D eigenvalue weighted by Gasteiger charge is 2.31. The summed E-state index contributed by atoms with van der Waals surface area (Å²) in [5, 5.41) is 11.8. The molecule has 0 amide bonds. The van der Waals surface area contributed by atoms with Gasteiger partial charge in [-0.05, 0) is 83.1 Å². The van der Waals surface area contributed by atoms with Gasteiger partial charge in [0.1, 0.15) is 17.3 Å². The van der Waals surface area contributed by atoms with Crippen LogP contribution < -0.4 is 4.74 Å². The predicted molar refractivity (Wildman–Crippen MR) is 123 cm³/mol. The van der Waals surface area contributed by atoms with E-state index < -0.39 is 5.60 Å². The average Bonchev–Trinajstić information content (AvgIpc) is 2.71. The van der Waals surface area contributed by atoms with Gasteiger partial charge >= 0.3 is 0 Å². The quantitative estimate of drug-likeness (QED) is 0.365. The maximum Gasteiger partial charge on any atom is 0.133 e. The fourth-order valence-electron chi connectivity index (χ4n) is 3.87. The van der Waals surface area contributed by atoms with Crippen LogP contribution in [0.4, 0.5) is 4.39 Å². The Balaban J connectivity index is 2.25. The molecule has 0 aliphatic carbocycles. The molecule has 0 saturated carbocycles. The van der Waals surface area contributed by atoms with Crippen molar-refractivity contribution in [2.45, 2.75) is 70.8 Å². The second-order valence-electron chi connectivity index (χ2n) is 8.61. The zero-order chi connectivity index (χ0) is 22.0. The van der Waals surface area contributed by atoms with Crippen molar-refractivity contribution in [2.24, 2.45) is 0 Å². The molecule has 1 unspecified atom stereocenters. The molecule has 0 fully saturated rings. The smallest absolute Gasteiger partial charge is 0.133 e. The van der Waals surface area contributed by atoms with E-state index in [-0.39, 0.29) is 5.82 Å². The number of benzene rings is 2. The lowest BCUT2D eigenvalue weighted by atomic mass is 9.83. The molecule has 0 saturated heterocycles. The fraction of sp³-hybridized carbons (Fsp3) is 0.538. The number of unbranched alkanes of at least 4 members (excludes halogenated alkanes) is 4. The van der Waals surface area contributed by atoms with E-state index in [1.807, 2.05) is 31.2 Å². The third kappa shape index (κ3) is 7.41. The van der Waals surface area contributed by atoms with Crippen LogP contribution in [0.1, 0.15) is 69.4 Å². The number of ether oxygens (including phenoxy) is 1. The van der Waals surface area contributed by atoms with Gasteiger partial charge in [0.15, 0.2) is 0 Å². The second-order valence-corrected chi connectivity index (χ2v) is 8.61. The summed E-state index contributed by atoms with van der Waals surface area (Å²) in [7, 11) is 4.15. The molecular formula is C26H38FNO2. The number of hydrogen-bond acceptors (Lipinski definition) is 3. The predicted octanol–water partition coefficient (Wildman–Crippen LogP) is 6.82. The van der Waals surface area contributed by atoms with Crippen LogP contribution in [0.3, 0.4) is 0 Å². The molecule has 1 N–H and O–H groups in total. The molecule has 2 aromatic carbocycles. The fourth-order valence-corrected chi connectivity index (χ4v) is 3.87. The van der Waals surface area contributed by atoms with Gasteiger partial charge in [-0.25, -0.2) is 4.39 Å². The zero-order valence-electron chi connectivity index (χ0n) is 19.1. The molecule has 0 aromatic heterocycles. The summed E-state index contributed by atoms with van der Waals surface area (Å²) < 4.78 is 19.7. The van der Waals surface area contributed by atoms with Gasteiger partial charge in [0.25, 0.3) is 0 Å². The van der Waals surface area contributed by atoms with Crippen molar-refractivity contribution in [3.8, 4) is 11.5 Å².